The van der Waals surface area contributed by atoms with Gasteiger partial charge >= 0.3 is 0 Å². The second-order valence-corrected chi connectivity index (χ2v) is 8.49. The monoisotopic (exact) mass is 479 g/mol. The molecule has 10 heteroatoms. The molecule has 1 aliphatic heterocycles. The zero-order chi connectivity index (χ0) is 22.9. The third kappa shape index (κ3) is 4.40. The maximum absolute atomic E-state index is 13.0. The second kappa shape index (κ2) is 8.80. The van der Waals surface area contributed by atoms with Gasteiger partial charge in [-0.05, 0) is 47.9 Å². The molecule has 0 fully saturated rings. The molecule has 4 heterocycles. The van der Waals surface area contributed by atoms with Crippen molar-refractivity contribution in [2.24, 2.45) is 7.05 Å². The zero-order valence-electron chi connectivity index (χ0n) is 17.7. The molecule has 1 aromatic carbocycles. The van der Waals surface area contributed by atoms with Gasteiger partial charge in [0.05, 0.1) is 18.3 Å². The van der Waals surface area contributed by atoms with E-state index >= 15 is 0 Å². The molecule has 0 atom stereocenters. The van der Waals surface area contributed by atoms with E-state index in [9.17, 15) is 4.79 Å². The minimum absolute atomic E-state index is 0.0668. The SMILES string of the molecule is Cn1nccc1Nc1nccc(-c2cnc3c(c2)CCN3C(=O)Cc2cc(Cl)ccc2Cl)n1. The van der Waals surface area contributed by atoms with Gasteiger partial charge in [0.25, 0.3) is 0 Å². The lowest BCUT2D eigenvalue weighted by Gasteiger charge is -2.17. The van der Waals surface area contributed by atoms with Crippen LogP contribution in [0.4, 0.5) is 17.6 Å². The molecule has 0 unspecified atom stereocenters. The fraction of sp³-hybridized carbons (Fsp3) is 0.174. The zero-order valence-corrected chi connectivity index (χ0v) is 19.2. The number of pyridine rings is 1. The Hall–Kier alpha value is -3.49. The Morgan fingerprint density at radius 2 is 2.00 bits per heavy atom. The highest BCUT2D eigenvalue weighted by molar-refractivity contribution is 6.33. The summed E-state index contributed by atoms with van der Waals surface area (Å²) in [5.74, 6) is 1.85. The molecule has 0 radical (unpaired) electrons. The van der Waals surface area contributed by atoms with Crippen LogP contribution in [-0.2, 0) is 24.7 Å². The van der Waals surface area contributed by atoms with Crippen molar-refractivity contribution in [1.82, 2.24) is 24.7 Å². The summed E-state index contributed by atoms with van der Waals surface area (Å²) >= 11 is 12.3. The van der Waals surface area contributed by atoms with Crippen molar-refractivity contribution in [3.63, 3.8) is 0 Å². The number of aromatic nitrogens is 5. The third-order valence-electron chi connectivity index (χ3n) is 5.47. The number of hydrogen-bond donors (Lipinski definition) is 1. The highest BCUT2D eigenvalue weighted by Crippen LogP contribution is 2.31. The van der Waals surface area contributed by atoms with Crippen LogP contribution in [0.2, 0.25) is 10.0 Å². The Balaban J connectivity index is 1.36. The van der Waals surface area contributed by atoms with E-state index in [1.807, 2.05) is 25.2 Å². The molecule has 166 valence electrons. The number of fused-ring (bicyclic) bond motifs is 1. The Bertz CT molecular complexity index is 1350. The summed E-state index contributed by atoms with van der Waals surface area (Å²) in [4.78, 5) is 28.1. The van der Waals surface area contributed by atoms with Gasteiger partial charge < -0.3 is 5.32 Å². The number of benzene rings is 1. The molecule has 1 N–H and O–H groups in total. The second-order valence-electron chi connectivity index (χ2n) is 7.65. The quantitative estimate of drug-likeness (QED) is 0.454. The van der Waals surface area contributed by atoms with Gasteiger partial charge in [0.15, 0.2) is 0 Å². The fourth-order valence-electron chi connectivity index (χ4n) is 3.78. The van der Waals surface area contributed by atoms with Crippen molar-refractivity contribution in [1.29, 1.82) is 0 Å². The molecule has 0 bridgehead atoms. The number of amides is 1. The third-order valence-corrected chi connectivity index (χ3v) is 6.07. The van der Waals surface area contributed by atoms with Crippen molar-refractivity contribution in [2.75, 3.05) is 16.8 Å². The largest absolute Gasteiger partial charge is 0.309 e. The van der Waals surface area contributed by atoms with Crippen molar-refractivity contribution in [3.05, 3.63) is 76.2 Å². The summed E-state index contributed by atoms with van der Waals surface area (Å²) in [6, 6.07) is 10.8. The van der Waals surface area contributed by atoms with Gasteiger partial charge in [-0.3, -0.25) is 14.4 Å². The summed E-state index contributed by atoms with van der Waals surface area (Å²) < 4.78 is 1.70. The number of nitrogens with one attached hydrogen (secondary N) is 1. The van der Waals surface area contributed by atoms with Crippen LogP contribution in [0.25, 0.3) is 11.3 Å². The minimum Gasteiger partial charge on any atom is -0.309 e. The van der Waals surface area contributed by atoms with Crippen LogP contribution >= 0.6 is 23.2 Å². The number of nitrogens with zero attached hydrogens (tertiary/aromatic N) is 6. The predicted molar refractivity (Wildman–Crippen MR) is 128 cm³/mol. The number of aryl methyl sites for hydroxylation is 1. The van der Waals surface area contributed by atoms with E-state index in [1.165, 1.54) is 0 Å². The maximum atomic E-state index is 13.0. The summed E-state index contributed by atoms with van der Waals surface area (Å²) in [5, 5.41) is 8.36. The van der Waals surface area contributed by atoms with Gasteiger partial charge in [-0.1, -0.05) is 23.2 Å². The molecule has 1 aliphatic rings. The van der Waals surface area contributed by atoms with Crippen LogP contribution in [0.15, 0.2) is 55.0 Å². The van der Waals surface area contributed by atoms with Crippen LogP contribution in [-0.4, -0.2) is 37.2 Å². The van der Waals surface area contributed by atoms with Crippen molar-refractivity contribution < 1.29 is 4.79 Å². The van der Waals surface area contributed by atoms with Gasteiger partial charge in [-0.25, -0.2) is 15.0 Å². The number of carbonyl (C=O) groups is 1. The summed E-state index contributed by atoms with van der Waals surface area (Å²) in [5.41, 5.74) is 3.29. The Kier molecular flexibility index (Phi) is 5.70. The van der Waals surface area contributed by atoms with Crippen molar-refractivity contribution in [2.45, 2.75) is 12.8 Å². The lowest BCUT2D eigenvalue weighted by molar-refractivity contribution is -0.117. The molecule has 3 aromatic heterocycles. The molecule has 0 saturated heterocycles. The van der Waals surface area contributed by atoms with Gasteiger partial charge in [0, 0.05) is 47.7 Å². The maximum Gasteiger partial charge on any atom is 0.232 e. The van der Waals surface area contributed by atoms with Gasteiger partial charge in [-0.15, -0.1) is 0 Å². The number of anilines is 3. The first-order valence-corrected chi connectivity index (χ1v) is 11.1. The number of carbonyl (C=O) groups excluding carboxylic acids is 1. The molecular formula is C23H19Cl2N7O. The molecular weight excluding hydrogens is 461 g/mol. The van der Waals surface area contributed by atoms with E-state index in [0.29, 0.717) is 33.9 Å². The lowest BCUT2D eigenvalue weighted by atomic mass is 10.1. The average Bonchev–Trinajstić information content (AvgIpc) is 3.42. The number of halogens is 2. The topological polar surface area (TPSA) is 88.8 Å². The molecule has 0 saturated carbocycles. The van der Waals surface area contributed by atoms with E-state index < -0.39 is 0 Å². The van der Waals surface area contributed by atoms with E-state index in [-0.39, 0.29) is 12.3 Å². The van der Waals surface area contributed by atoms with Crippen molar-refractivity contribution in [3.8, 4) is 11.3 Å². The van der Waals surface area contributed by atoms with Gasteiger partial charge in [0.2, 0.25) is 11.9 Å². The van der Waals surface area contributed by atoms with Crippen LogP contribution in [0.1, 0.15) is 11.1 Å². The van der Waals surface area contributed by atoms with E-state index in [0.717, 1.165) is 29.1 Å². The Morgan fingerprint density at radius 1 is 1.12 bits per heavy atom. The van der Waals surface area contributed by atoms with Gasteiger partial charge in [0.1, 0.15) is 11.6 Å². The van der Waals surface area contributed by atoms with Crippen LogP contribution in [0.3, 0.4) is 0 Å². The van der Waals surface area contributed by atoms with Crippen LogP contribution < -0.4 is 10.2 Å². The summed E-state index contributed by atoms with van der Waals surface area (Å²) in [6.07, 6.45) is 6.00. The summed E-state index contributed by atoms with van der Waals surface area (Å²) in [6.45, 7) is 0.569. The first-order chi connectivity index (χ1) is 16.0. The molecule has 5 rings (SSSR count). The summed E-state index contributed by atoms with van der Waals surface area (Å²) in [7, 11) is 1.84. The first-order valence-electron chi connectivity index (χ1n) is 10.3. The van der Waals surface area contributed by atoms with Crippen LogP contribution in [0, 0.1) is 0 Å². The average molecular weight is 480 g/mol. The Labute approximate surface area is 200 Å². The first kappa shape index (κ1) is 21.4. The Morgan fingerprint density at radius 3 is 2.82 bits per heavy atom. The molecule has 8 nitrogen and oxygen atoms in total. The lowest BCUT2D eigenvalue weighted by Crippen LogP contribution is -2.31. The molecule has 0 spiro atoms. The van der Waals surface area contributed by atoms with E-state index in [2.05, 4.69) is 25.4 Å². The number of hydrogen-bond acceptors (Lipinski definition) is 6. The molecule has 1 amide bonds. The van der Waals surface area contributed by atoms with Crippen LogP contribution in [0.5, 0.6) is 0 Å². The molecule has 33 heavy (non-hydrogen) atoms. The highest BCUT2D eigenvalue weighted by Gasteiger charge is 2.27. The minimum atomic E-state index is -0.0668. The predicted octanol–water partition coefficient (Wildman–Crippen LogP) is 4.45. The smallest absolute Gasteiger partial charge is 0.232 e. The van der Waals surface area contributed by atoms with Gasteiger partial charge in [-0.2, -0.15) is 5.10 Å². The molecule has 0 aliphatic carbocycles. The fourth-order valence-corrected chi connectivity index (χ4v) is 4.16. The molecule has 4 aromatic rings. The number of rotatable bonds is 5. The van der Waals surface area contributed by atoms with Crippen molar-refractivity contribution >= 4 is 46.7 Å². The normalized spacial score (nSPS) is 12.6. The standard InChI is InChI=1S/C23H19Cl2N7O/c1-31-20(5-8-28-31)30-23-26-7-4-19(29-23)16-10-14-6-9-32(22(14)27-13-16)21(33)12-15-11-17(24)2-3-18(15)25/h2-5,7-8,10-11,13H,6,9,12H2,1H3,(H,26,29,30). The van der Waals surface area contributed by atoms with E-state index in [1.54, 1.807) is 46.4 Å². The highest BCUT2D eigenvalue weighted by atomic mass is 35.5. The van der Waals surface area contributed by atoms with E-state index in [4.69, 9.17) is 23.2 Å².